The maximum absolute atomic E-state index is 13.4. The van der Waals surface area contributed by atoms with Crippen molar-refractivity contribution in [3.63, 3.8) is 0 Å². The number of para-hydroxylation sites is 1. The molecule has 10 heteroatoms. The first-order valence-corrected chi connectivity index (χ1v) is 10.5. The van der Waals surface area contributed by atoms with E-state index in [4.69, 9.17) is 4.42 Å². The normalized spacial score (nSPS) is 14.9. The predicted octanol–water partition coefficient (Wildman–Crippen LogP) is 4.68. The van der Waals surface area contributed by atoms with Crippen LogP contribution in [0.1, 0.15) is 24.5 Å². The van der Waals surface area contributed by atoms with Crippen LogP contribution in [0.5, 0.6) is 0 Å². The van der Waals surface area contributed by atoms with Gasteiger partial charge in [0.25, 0.3) is 11.6 Å². The molecular formula is C24H20N6O4. The summed E-state index contributed by atoms with van der Waals surface area (Å²) < 4.78 is 7.51. The number of allylic oxidation sites excluding steroid dienone is 1. The SMILES string of the molecule is CC1=C(C(=O)Nc2ccccc2)C(c2ccc(C)o2)n2nc(-c3ccc([N+](=O)[O-])cc3)nc2N1. The van der Waals surface area contributed by atoms with Crippen molar-refractivity contribution in [2.75, 3.05) is 10.6 Å². The lowest BCUT2D eigenvalue weighted by molar-refractivity contribution is -0.384. The molecule has 0 saturated carbocycles. The second-order valence-corrected chi connectivity index (χ2v) is 7.84. The highest BCUT2D eigenvalue weighted by atomic mass is 16.6. The number of hydrogen-bond acceptors (Lipinski definition) is 7. The molecule has 2 aromatic carbocycles. The second-order valence-electron chi connectivity index (χ2n) is 7.84. The molecule has 5 rings (SSSR count). The molecule has 0 aliphatic carbocycles. The van der Waals surface area contributed by atoms with Gasteiger partial charge in [-0.2, -0.15) is 4.98 Å². The van der Waals surface area contributed by atoms with Gasteiger partial charge >= 0.3 is 0 Å². The lowest BCUT2D eigenvalue weighted by atomic mass is 10.00. The second kappa shape index (κ2) is 8.32. The van der Waals surface area contributed by atoms with E-state index < -0.39 is 11.0 Å². The molecular weight excluding hydrogens is 436 g/mol. The molecule has 1 amide bonds. The number of furan rings is 1. The summed E-state index contributed by atoms with van der Waals surface area (Å²) in [6, 6.07) is 18.1. The molecule has 0 saturated heterocycles. The van der Waals surface area contributed by atoms with Crippen LogP contribution in [-0.4, -0.2) is 25.6 Å². The molecule has 0 fully saturated rings. The van der Waals surface area contributed by atoms with E-state index in [9.17, 15) is 14.9 Å². The Labute approximate surface area is 194 Å². The van der Waals surface area contributed by atoms with Gasteiger partial charge in [-0.1, -0.05) is 18.2 Å². The Morgan fingerprint density at radius 3 is 2.47 bits per heavy atom. The minimum atomic E-state index is -0.659. The third kappa shape index (κ3) is 3.81. The number of nitrogens with one attached hydrogen (secondary N) is 2. The van der Waals surface area contributed by atoms with Crippen molar-refractivity contribution in [1.29, 1.82) is 0 Å². The van der Waals surface area contributed by atoms with Gasteiger partial charge in [0.2, 0.25) is 5.95 Å². The molecule has 4 aromatic rings. The minimum absolute atomic E-state index is 0.0211. The Morgan fingerprint density at radius 1 is 1.09 bits per heavy atom. The monoisotopic (exact) mass is 456 g/mol. The number of fused-ring (bicyclic) bond motifs is 1. The standard InChI is InChI=1S/C24H20N6O4/c1-14-8-13-19(34-14)21-20(23(31)26-17-6-4-3-5-7-17)15(2)25-24-27-22(28-29(21)24)16-9-11-18(12-10-16)30(32)33/h3-13,21H,1-2H3,(H,26,31)(H,25,27,28). The molecule has 0 radical (unpaired) electrons. The largest absolute Gasteiger partial charge is 0.464 e. The van der Waals surface area contributed by atoms with Crippen LogP contribution in [0.3, 0.4) is 0 Å². The van der Waals surface area contributed by atoms with Crippen LogP contribution in [0.15, 0.2) is 82.4 Å². The molecule has 2 N–H and O–H groups in total. The number of non-ortho nitro benzene ring substituents is 1. The van der Waals surface area contributed by atoms with Crippen LogP contribution in [0.25, 0.3) is 11.4 Å². The smallest absolute Gasteiger partial charge is 0.269 e. The Bertz CT molecular complexity index is 1420. The van der Waals surface area contributed by atoms with Crippen molar-refractivity contribution >= 4 is 23.2 Å². The minimum Gasteiger partial charge on any atom is -0.464 e. The predicted molar refractivity (Wildman–Crippen MR) is 125 cm³/mol. The fourth-order valence-corrected chi connectivity index (χ4v) is 3.88. The topological polar surface area (TPSA) is 128 Å². The van der Waals surface area contributed by atoms with E-state index in [2.05, 4.69) is 20.7 Å². The number of aromatic nitrogens is 3. The average molecular weight is 456 g/mol. The van der Waals surface area contributed by atoms with E-state index in [0.29, 0.717) is 45.8 Å². The van der Waals surface area contributed by atoms with E-state index in [1.807, 2.05) is 49.4 Å². The lowest BCUT2D eigenvalue weighted by Gasteiger charge is -2.27. The van der Waals surface area contributed by atoms with Crippen molar-refractivity contribution in [3.8, 4) is 11.4 Å². The molecule has 3 heterocycles. The molecule has 1 unspecified atom stereocenters. The van der Waals surface area contributed by atoms with Crippen LogP contribution in [0.4, 0.5) is 17.3 Å². The number of rotatable bonds is 5. The number of nitro benzene ring substituents is 1. The number of carbonyl (C=O) groups is 1. The summed E-state index contributed by atoms with van der Waals surface area (Å²) in [5.74, 6) is 1.74. The lowest BCUT2D eigenvalue weighted by Crippen LogP contribution is -2.31. The Hall–Kier alpha value is -4.73. The van der Waals surface area contributed by atoms with Gasteiger partial charge in [0.1, 0.15) is 17.6 Å². The van der Waals surface area contributed by atoms with Crippen LogP contribution in [0.2, 0.25) is 0 Å². The first-order valence-electron chi connectivity index (χ1n) is 10.5. The highest BCUT2D eigenvalue weighted by molar-refractivity contribution is 6.05. The number of hydrogen-bond donors (Lipinski definition) is 2. The molecule has 1 aliphatic rings. The summed E-state index contributed by atoms with van der Waals surface area (Å²) in [6.45, 7) is 3.63. The van der Waals surface area contributed by atoms with Gasteiger partial charge < -0.3 is 15.1 Å². The summed E-state index contributed by atoms with van der Waals surface area (Å²) in [6.07, 6.45) is 0. The Kier molecular flexibility index (Phi) is 5.17. The van der Waals surface area contributed by atoms with E-state index in [-0.39, 0.29) is 11.6 Å². The maximum Gasteiger partial charge on any atom is 0.269 e. The van der Waals surface area contributed by atoms with Gasteiger partial charge in [-0.15, -0.1) is 5.10 Å². The summed E-state index contributed by atoms with van der Waals surface area (Å²) in [4.78, 5) is 28.5. The van der Waals surface area contributed by atoms with Crippen molar-refractivity contribution < 1.29 is 14.1 Å². The summed E-state index contributed by atoms with van der Waals surface area (Å²) in [5.41, 5.74) is 2.30. The van der Waals surface area contributed by atoms with E-state index >= 15 is 0 Å². The van der Waals surface area contributed by atoms with Gasteiger partial charge in [0.15, 0.2) is 5.82 Å². The first-order chi connectivity index (χ1) is 16.4. The zero-order valence-corrected chi connectivity index (χ0v) is 18.4. The number of amides is 1. The molecule has 170 valence electrons. The van der Waals surface area contributed by atoms with Crippen LogP contribution in [0, 0.1) is 17.0 Å². The molecule has 1 atom stereocenters. The van der Waals surface area contributed by atoms with Crippen molar-refractivity contribution in [3.05, 3.63) is 99.6 Å². The van der Waals surface area contributed by atoms with Gasteiger partial charge in [-0.05, 0) is 50.2 Å². The van der Waals surface area contributed by atoms with Crippen LogP contribution >= 0.6 is 0 Å². The number of nitrogens with zero attached hydrogens (tertiary/aromatic N) is 4. The van der Waals surface area contributed by atoms with Gasteiger partial charge in [-0.3, -0.25) is 14.9 Å². The highest BCUT2D eigenvalue weighted by Crippen LogP contribution is 2.37. The zero-order valence-electron chi connectivity index (χ0n) is 18.4. The summed E-state index contributed by atoms with van der Waals surface area (Å²) in [7, 11) is 0. The third-order valence-electron chi connectivity index (χ3n) is 5.50. The Balaban J connectivity index is 1.56. The number of carbonyl (C=O) groups excluding carboxylic acids is 1. The van der Waals surface area contributed by atoms with E-state index in [0.717, 1.165) is 0 Å². The fraction of sp³-hybridized carbons (Fsp3) is 0.125. The molecule has 34 heavy (non-hydrogen) atoms. The van der Waals surface area contributed by atoms with Crippen LogP contribution in [-0.2, 0) is 4.79 Å². The summed E-state index contributed by atoms with van der Waals surface area (Å²) in [5, 5.41) is 21.7. The van der Waals surface area contributed by atoms with Gasteiger partial charge in [0, 0.05) is 29.1 Å². The zero-order chi connectivity index (χ0) is 23.8. The van der Waals surface area contributed by atoms with Crippen molar-refractivity contribution in [2.45, 2.75) is 19.9 Å². The molecule has 0 spiro atoms. The number of aryl methyl sites for hydroxylation is 1. The van der Waals surface area contributed by atoms with E-state index in [1.54, 1.807) is 23.7 Å². The first kappa shape index (κ1) is 21.1. The highest BCUT2D eigenvalue weighted by Gasteiger charge is 2.36. The van der Waals surface area contributed by atoms with E-state index in [1.165, 1.54) is 12.1 Å². The van der Waals surface area contributed by atoms with Crippen LogP contribution < -0.4 is 10.6 Å². The number of benzene rings is 2. The summed E-state index contributed by atoms with van der Waals surface area (Å²) >= 11 is 0. The van der Waals surface area contributed by atoms with Gasteiger partial charge in [0.05, 0.1) is 10.5 Å². The third-order valence-corrected chi connectivity index (χ3v) is 5.50. The average Bonchev–Trinajstić information content (AvgIpc) is 3.45. The van der Waals surface area contributed by atoms with Crippen molar-refractivity contribution in [2.24, 2.45) is 0 Å². The molecule has 2 aromatic heterocycles. The Morgan fingerprint density at radius 2 is 1.82 bits per heavy atom. The van der Waals surface area contributed by atoms with Gasteiger partial charge in [-0.25, -0.2) is 4.68 Å². The molecule has 10 nitrogen and oxygen atoms in total. The van der Waals surface area contributed by atoms with Crippen molar-refractivity contribution in [1.82, 2.24) is 14.8 Å². The maximum atomic E-state index is 13.4. The molecule has 0 bridgehead atoms. The molecule has 1 aliphatic heterocycles. The fourth-order valence-electron chi connectivity index (χ4n) is 3.88. The quantitative estimate of drug-likeness (QED) is 0.329. The number of nitro groups is 1. The number of anilines is 2.